The highest BCUT2D eigenvalue weighted by Gasteiger charge is 2.43. The molecule has 0 spiro atoms. The lowest BCUT2D eigenvalue weighted by molar-refractivity contribution is 0.343. The third-order valence-corrected chi connectivity index (χ3v) is 5.47. The number of pyridine rings is 1. The van der Waals surface area contributed by atoms with Crippen molar-refractivity contribution in [3.8, 4) is 0 Å². The molecule has 0 unspecified atom stereocenters. The first-order chi connectivity index (χ1) is 7.60. The summed E-state index contributed by atoms with van der Waals surface area (Å²) < 4.78 is 22.5. The number of rotatable bonds is 4. The van der Waals surface area contributed by atoms with E-state index in [1.807, 2.05) is 5.32 Å². The van der Waals surface area contributed by atoms with Crippen molar-refractivity contribution in [2.75, 3.05) is 5.32 Å². The van der Waals surface area contributed by atoms with Crippen molar-refractivity contribution >= 4 is 36.9 Å². The van der Waals surface area contributed by atoms with Gasteiger partial charge in [0.05, 0.1) is 0 Å². The average molecular weight is 347 g/mol. The number of hydrogen-bond donors (Lipinski definition) is 5. The summed E-state index contributed by atoms with van der Waals surface area (Å²) in [5.41, 5.74) is -2.31. The lowest BCUT2D eigenvalue weighted by Crippen LogP contribution is -2.20. The molecule has 0 radical (unpaired) electrons. The fraction of sp³-hybridized carbons (Fsp3) is 0.167. The number of aromatic nitrogens is 1. The highest BCUT2D eigenvalue weighted by atomic mass is 79.9. The lowest BCUT2D eigenvalue weighted by Gasteiger charge is -2.21. The van der Waals surface area contributed by atoms with E-state index >= 15 is 0 Å². The van der Waals surface area contributed by atoms with Gasteiger partial charge in [0.2, 0.25) is 5.52 Å². The molecule has 8 nitrogen and oxygen atoms in total. The van der Waals surface area contributed by atoms with Crippen molar-refractivity contribution in [3.05, 3.63) is 22.8 Å². The summed E-state index contributed by atoms with van der Waals surface area (Å²) in [7, 11) is -10.0. The maximum absolute atomic E-state index is 11.0. The summed E-state index contributed by atoms with van der Waals surface area (Å²) in [4.78, 5) is 39.1. The van der Waals surface area contributed by atoms with Gasteiger partial charge in [0.1, 0.15) is 5.82 Å². The Balaban J connectivity index is 3.04. The van der Waals surface area contributed by atoms with Gasteiger partial charge < -0.3 is 24.9 Å². The third-order valence-electron chi connectivity index (χ3n) is 1.64. The van der Waals surface area contributed by atoms with Gasteiger partial charge in [-0.2, -0.15) is 0 Å². The normalized spacial score (nSPS) is 12.8. The highest BCUT2D eigenvalue weighted by molar-refractivity contribution is 9.10. The molecule has 1 aromatic rings. The van der Waals surface area contributed by atoms with E-state index in [0.717, 1.165) is 0 Å². The van der Waals surface area contributed by atoms with E-state index in [1.165, 1.54) is 12.3 Å². The van der Waals surface area contributed by atoms with Crippen molar-refractivity contribution in [2.45, 2.75) is 5.52 Å². The number of hydrogen-bond acceptors (Lipinski definition) is 4. The predicted octanol–water partition coefficient (Wildman–Crippen LogP) is 0.895. The van der Waals surface area contributed by atoms with E-state index in [0.29, 0.717) is 4.47 Å². The van der Waals surface area contributed by atoms with Crippen LogP contribution in [-0.4, -0.2) is 30.1 Å². The molecule has 0 saturated carbocycles. The molecule has 0 aliphatic rings. The van der Waals surface area contributed by atoms with Gasteiger partial charge in [-0.3, -0.25) is 9.13 Å². The third kappa shape index (κ3) is 4.48. The first-order valence-electron chi connectivity index (χ1n) is 4.09. The van der Waals surface area contributed by atoms with E-state index in [2.05, 4.69) is 20.9 Å². The van der Waals surface area contributed by atoms with Gasteiger partial charge in [-0.1, -0.05) is 15.9 Å². The largest absolute Gasteiger partial charge is 0.360 e. The maximum Gasteiger partial charge on any atom is 0.360 e. The molecule has 0 atom stereocenters. The molecular weight excluding hydrogens is 338 g/mol. The summed E-state index contributed by atoms with van der Waals surface area (Å²) in [6.45, 7) is 0. The van der Waals surface area contributed by atoms with E-state index < -0.39 is 20.7 Å². The van der Waals surface area contributed by atoms with Crippen molar-refractivity contribution in [2.24, 2.45) is 0 Å². The van der Waals surface area contributed by atoms with Crippen LogP contribution in [0.3, 0.4) is 0 Å². The van der Waals surface area contributed by atoms with Crippen LogP contribution in [-0.2, 0) is 9.13 Å². The van der Waals surface area contributed by atoms with Gasteiger partial charge in [0, 0.05) is 10.7 Å². The maximum atomic E-state index is 11.0. The van der Waals surface area contributed by atoms with E-state index in [9.17, 15) is 9.13 Å². The monoisotopic (exact) mass is 346 g/mol. The Morgan fingerprint density at radius 1 is 1.24 bits per heavy atom. The van der Waals surface area contributed by atoms with Crippen LogP contribution in [0, 0.1) is 0 Å². The molecule has 1 rings (SSSR count). The summed E-state index contributed by atoms with van der Waals surface area (Å²) in [6, 6.07) is 2.88. The molecule has 1 aromatic heterocycles. The molecule has 0 amide bonds. The van der Waals surface area contributed by atoms with Crippen LogP contribution in [0.1, 0.15) is 0 Å². The highest BCUT2D eigenvalue weighted by Crippen LogP contribution is 2.59. The molecule has 0 saturated heterocycles. The van der Waals surface area contributed by atoms with Gasteiger partial charge in [-0.05, 0) is 12.1 Å². The Morgan fingerprint density at radius 3 is 2.18 bits per heavy atom. The first kappa shape index (κ1) is 14.8. The zero-order valence-electron chi connectivity index (χ0n) is 8.13. The Bertz CT molecular complexity index is 477. The quantitative estimate of drug-likeness (QED) is 0.506. The van der Waals surface area contributed by atoms with Gasteiger partial charge in [-0.15, -0.1) is 0 Å². The minimum Gasteiger partial charge on any atom is -0.346 e. The fourth-order valence-corrected chi connectivity index (χ4v) is 3.48. The molecule has 0 bridgehead atoms. The molecule has 0 aliphatic heterocycles. The van der Waals surface area contributed by atoms with Gasteiger partial charge in [-0.25, -0.2) is 4.98 Å². The minimum absolute atomic E-state index is 0.0592. The predicted molar refractivity (Wildman–Crippen MR) is 63.4 cm³/mol. The molecule has 11 heteroatoms. The van der Waals surface area contributed by atoms with Gasteiger partial charge in [0.25, 0.3) is 0 Å². The van der Waals surface area contributed by atoms with E-state index in [-0.39, 0.29) is 5.82 Å². The zero-order chi connectivity index (χ0) is 13.3. The van der Waals surface area contributed by atoms with Crippen molar-refractivity contribution in [3.63, 3.8) is 0 Å². The molecule has 96 valence electrons. The van der Waals surface area contributed by atoms with Crippen molar-refractivity contribution in [1.82, 2.24) is 4.98 Å². The van der Waals surface area contributed by atoms with Crippen LogP contribution in [0.5, 0.6) is 0 Å². The minimum atomic E-state index is -5.01. The van der Waals surface area contributed by atoms with Crippen LogP contribution in [0.4, 0.5) is 5.82 Å². The smallest absolute Gasteiger partial charge is 0.346 e. The molecular formula is C6H9BrN2O6P2. The lowest BCUT2D eigenvalue weighted by atomic mass is 10.5. The molecule has 1 heterocycles. The molecule has 5 N–H and O–H groups in total. The second kappa shape index (κ2) is 5.16. The Morgan fingerprint density at radius 2 is 1.76 bits per heavy atom. The summed E-state index contributed by atoms with van der Waals surface area (Å²) >= 11 is 3.08. The standard InChI is InChI=1S/C6H9BrN2O6P2/c7-4-1-2-8-5(3-4)9-6(16(10,11)12)17(13,14)15/h1-3,6H,(H,8,9)(H2,10,11,12)(H2,13,14,15). The van der Waals surface area contributed by atoms with Crippen LogP contribution in [0.15, 0.2) is 22.8 Å². The van der Waals surface area contributed by atoms with Crippen molar-refractivity contribution < 1.29 is 28.7 Å². The molecule has 0 aromatic carbocycles. The number of nitrogens with zero attached hydrogens (tertiary/aromatic N) is 1. The fourth-order valence-electron chi connectivity index (χ4n) is 0.980. The average Bonchev–Trinajstić information content (AvgIpc) is 2.10. The molecule has 0 fully saturated rings. The zero-order valence-corrected chi connectivity index (χ0v) is 11.5. The molecule has 17 heavy (non-hydrogen) atoms. The van der Waals surface area contributed by atoms with Crippen molar-refractivity contribution in [1.29, 1.82) is 0 Å². The van der Waals surface area contributed by atoms with E-state index in [1.54, 1.807) is 6.07 Å². The van der Waals surface area contributed by atoms with Gasteiger partial charge in [0.15, 0.2) is 0 Å². The van der Waals surface area contributed by atoms with Crippen LogP contribution in [0.2, 0.25) is 0 Å². The summed E-state index contributed by atoms with van der Waals surface area (Å²) in [6.07, 6.45) is 1.31. The van der Waals surface area contributed by atoms with Crippen LogP contribution in [0.25, 0.3) is 0 Å². The summed E-state index contributed by atoms with van der Waals surface area (Å²) in [5.74, 6) is -0.0592. The van der Waals surface area contributed by atoms with E-state index in [4.69, 9.17) is 19.6 Å². The SMILES string of the molecule is O=P(O)(O)C(Nc1cc(Br)ccn1)P(=O)(O)O. The number of anilines is 1. The van der Waals surface area contributed by atoms with Crippen LogP contribution >= 0.6 is 31.1 Å². The second-order valence-corrected chi connectivity index (χ2v) is 7.77. The Kier molecular flexibility index (Phi) is 4.49. The molecule has 0 aliphatic carbocycles. The Hall–Kier alpha value is -0.270. The van der Waals surface area contributed by atoms with Crippen LogP contribution < -0.4 is 5.32 Å². The summed E-state index contributed by atoms with van der Waals surface area (Å²) in [5, 5.41) is 2.03. The topological polar surface area (TPSA) is 140 Å². The number of halogens is 1. The Labute approximate surface area is 105 Å². The first-order valence-corrected chi connectivity index (χ1v) is 8.25. The number of nitrogens with one attached hydrogen (secondary N) is 1. The van der Waals surface area contributed by atoms with Gasteiger partial charge >= 0.3 is 15.2 Å². The second-order valence-electron chi connectivity index (χ2n) is 3.06.